The molecule has 7 aromatic carbocycles. The van der Waals surface area contributed by atoms with Crippen LogP contribution in [0.4, 0.5) is 0 Å². The molecule has 2 heteroatoms. The third kappa shape index (κ3) is 3.43. The number of benzene rings is 7. The monoisotopic (exact) mass is 552 g/mol. The zero-order valence-electron chi connectivity index (χ0n) is 22.7. The van der Waals surface area contributed by atoms with Crippen LogP contribution in [0.15, 0.2) is 150 Å². The van der Waals surface area contributed by atoms with E-state index in [-0.39, 0.29) is 0 Å². The molecule has 0 N–H and O–H groups in total. The fraction of sp³-hybridized carbons (Fsp3) is 0. The molecule has 0 spiro atoms. The predicted octanol–water partition coefficient (Wildman–Crippen LogP) is 12.1. The second kappa shape index (κ2) is 9.17. The molecular weight excluding hydrogens is 529 g/mol. The molecule has 0 aliphatic rings. The predicted molar refractivity (Wildman–Crippen MR) is 180 cm³/mol. The summed E-state index contributed by atoms with van der Waals surface area (Å²) >= 11 is 1.83. The van der Waals surface area contributed by atoms with Gasteiger partial charge in [0.15, 0.2) is 0 Å². The maximum absolute atomic E-state index is 6.86. The van der Waals surface area contributed by atoms with Gasteiger partial charge in [0.05, 0.1) is 0 Å². The van der Waals surface area contributed by atoms with Crippen molar-refractivity contribution in [3.8, 4) is 33.6 Å². The number of hydrogen-bond donors (Lipinski definition) is 0. The van der Waals surface area contributed by atoms with Gasteiger partial charge in [-0.3, -0.25) is 0 Å². The van der Waals surface area contributed by atoms with E-state index in [0.717, 1.165) is 27.9 Å². The smallest absolute Gasteiger partial charge is 0.143 e. The summed E-state index contributed by atoms with van der Waals surface area (Å²) in [7, 11) is 0. The summed E-state index contributed by atoms with van der Waals surface area (Å²) in [6, 6.07) is 52.3. The van der Waals surface area contributed by atoms with Crippen molar-refractivity contribution >= 4 is 64.0 Å². The minimum absolute atomic E-state index is 0.912. The third-order valence-corrected chi connectivity index (χ3v) is 9.60. The van der Waals surface area contributed by atoms with Gasteiger partial charge in [-0.05, 0) is 50.9 Å². The molecule has 0 unspecified atom stereocenters. The van der Waals surface area contributed by atoms with Crippen LogP contribution in [0, 0.1) is 0 Å². The van der Waals surface area contributed by atoms with Gasteiger partial charge in [-0.2, -0.15) is 0 Å². The average molecular weight is 553 g/mol. The minimum atomic E-state index is 0.912. The normalized spacial score (nSPS) is 11.8. The summed E-state index contributed by atoms with van der Waals surface area (Å²) in [5.41, 5.74) is 6.87. The van der Waals surface area contributed by atoms with Crippen molar-refractivity contribution < 1.29 is 4.42 Å². The first-order valence-corrected chi connectivity index (χ1v) is 15.1. The van der Waals surface area contributed by atoms with Crippen LogP contribution < -0.4 is 0 Å². The summed E-state index contributed by atoms with van der Waals surface area (Å²) in [5.74, 6) is 0.912. The van der Waals surface area contributed by atoms with Crippen LogP contribution in [0.5, 0.6) is 0 Å². The Bertz CT molecular complexity index is 2390. The lowest BCUT2D eigenvalue weighted by molar-refractivity contribution is 0.633. The first-order chi connectivity index (χ1) is 20.8. The molecule has 0 radical (unpaired) electrons. The maximum atomic E-state index is 6.86. The molecule has 0 aliphatic carbocycles. The van der Waals surface area contributed by atoms with E-state index in [1.165, 1.54) is 58.4 Å². The number of furan rings is 1. The number of fused-ring (bicyclic) bond motifs is 6. The van der Waals surface area contributed by atoms with E-state index in [4.69, 9.17) is 4.42 Å². The van der Waals surface area contributed by atoms with E-state index in [9.17, 15) is 0 Å². The molecule has 2 heterocycles. The van der Waals surface area contributed by atoms with E-state index in [1.807, 2.05) is 11.3 Å². The molecule has 2 aromatic heterocycles. The molecule has 196 valence electrons. The van der Waals surface area contributed by atoms with Gasteiger partial charge < -0.3 is 4.42 Å². The van der Waals surface area contributed by atoms with Gasteiger partial charge in [0.25, 0.3) is 0 Å². The fourth-order valence-corrected chi connectivity index (χ4v) is 7.79. The largest absolute Gasteiger partial charge is 0.455 e. The number of rotatable bonds is 3. The van der Waals surface area contributed by atoms with Gasteiger partial charge in [-0.25, -0.2) is 0 Å². The topological polar surface area (TPSA) is 13.1 Å². The van der Waals surface area contributed by atoms with Crippen molar-refractivity contribution in [1.29, 1.82) is 0 Å². The van der Waals surface area contributed by atoms with Gasteiger partial charge in [-0.1, -0.05) is 127 Å². The highest BCUT2D eigenvalue weighted by Crippen LogP contribution is 2.50. The van der Waals surface area contributed by atoms with Crippen molar-refractivity contribution in [2.24, 2.45) is 0 Å². The zero-order chi connectivity index (χ0) is 27.6. The van der Waals surface area contributed by atoms with Crippen molar-refractivity contribution in [2.75, 3.05) is 0 Å². The Kier molecular flexibility index (Phi) is 5.13. The molecule has 42 heavy (non-hydrogen) atoms. The molecular formula is C40H24OS. The second-order valence-electron chi connectivity index (χ2n) is 10.8. The van der Waals surface area contributed by atoms with Gasteiger partial charge in [0, 0.05) is 42.2 Å². The standard InChI is InChI=1S/C40H24OS/c1-3-13-25(14-4-1)37-28-18-7-9-20-30(28)38(31-21-10-8-19-29(31)37)39-33-23-32-27-17-11-12-22-35(27)42-36(32)24-34(33)41-40(39)26-15-5-2-6-16-26/h1-24H. The van der Waals surface area contributed by atoms with E-state index >= 15 is 0 Å². The highest BCUT2D eigenvalue weighted by Gasteiger charge is 2.24. The lowest BCUT2D eigenvalue weighted by Gasteiger charge is -2.18. The Balaban J connectivity index is 1.49. The van der Waals surface area contributed by atoms with Gasteiger partial charge in [-0.15, -0.1) is 11.3 Å². The molecule has 1 nitrogen and oxygen atoms in total. The van der Waals surface area contributed by atoms with E-state index < -0.39 is 0 Å². The fourth-order valence-electron chi connectivity index (χ4n) is 6.67. The van der Waals surface area contributed by atoms with Gasteiger partial charge in [0.2, 0.25) is 0 Å². The average Bonchev–Trinajstić information content (AvgIpc) is 3.61. The van der Waals surface area contributed by atoms with E-state index in [1.54, 1.807) is 0 Å². The summed E-state index contributed by atoms with van der Waals surface area (Å²) in [4.78, 5) is 0. The number of hydrogen-bond acceptors (Lipinski definition) is 2. The summed E-state index contributed by atoms with van der Waals surface area (Å²) in [6.07, 6.45) is 0. The van der Waals surface area contributed by atoms with E-state index in [0.29, 0.717) is 0 Å². The highest BCUT2D eigenvalue weighted by molar-refractivity contribution is 7.25. The Morgan fingerprint density at radius 3 is 1.52 bits per heavy atom. The highest BCUT2D eigenvalue weighted by atomic mass is 32.1. The lowest BCUT2D eigenvalue weighted by Crippen LogP contribution is -1.91. The molecule has 0 atom stereocenters. The molecule has 0 aliphatic heterocycles. The van der Waals surface area contributed by atoms with Crippen LogP contribution in [-0.4, -0.2) is 0 Å². The molecule has 0 bridgehead atoms. The SMILES string of the molecule is c1ccc(-c2oc3cc4sc5ccccc5c4cc3c2-c2c3ccccc3c(-c3ccccc3)c3ccccc23)cc1. The zero-order valence-corrected chi connectivity index (χ0v) is 23.5. The molecule has 9 rings (SSSR count). The number of thiophene rings is 1. The summed E-state index contributed by atoms with van der Waals surface area (Å²) in [6.45, 7) is 0. The molecule has 0 saturated heterocycles. The van der Waals surface area contributed by atoms with Crippen LogP contribution >= 0.6 is 11.3 Å². The first kappa shape index (κ1) is 23.5. The minimum Gasteiger partial charge on any atom is -0.455 e. The first-order valence-electron chi connectivity index (χ1n) is 14.3. The van der Waals surface area contributed by atoms with Crippen LogP contribution in [0.2, 0.25) is 0 Å². The Morgan fingerprint density at radius 2 is 0.881 bits per heavy atom. The summed E-state index contributed by atoms with van der Waals surface area (Å²) < 4.78 is 9.41. The van der Waals surface area contributed by atoms with Crippen LogP contribution in [0.1, 0.15) is 0 Å². The molecule has 0 fully saturated rings. The van der Waals surface area contributed by atoms with E-state index in [2.05, 4.69) is 146 Å². The molecule has 0 saturated carbocycles. The van der Waals surface area contributed by atoms with Crippen LogP contribution in [0.25, 0.3) is 86.3 Å². The Hall–Kier alpha value is -5.18. The quantitative estimate of drug-likeness (QED) is 0.199. The van der Waals surface area contributed by atoms with Gasteiger partial charge in [0.1, 0.15) is 11.3 Å². The van der Waals surface area contributed by atoms with Crippen molar-refractivity contribution in [2.45, 2.75) is 0 Å². The lowest BCUT2D eigenvalue weighted by atomic mass is 9.84. The van der Waals surface area contributed by atoms with Gasteiger partial charge >= 0.3 is 0 Å². The third-order valence-electron chi connectivity index (χ3n) is 8.47. The van der Waals surface area contributed by atoms with Crippen molar-refractivity contribution in [3.05, 3.63) is 146 Å². The second-order valence-corrected chi connectivity index (χ2v) is 11.9. The van der Waals surface area contributed by atoms with Crippen LogP contribution in [-0.2, 0) is 0 Å². The Labute approximate surface area is 246 Å². The van der Waals surface area contributed by atoms with Crippen molar-refractivity contribution in [3.63, 3.8) is 0 Å². The molecule has 0 amide bonds. The maximum Gasteiger partial charge on any atom is 0.143 e. The van der Waals surface area contributed by atoms with Crippen LogP contribution in [0.3, 0.4) is 0 Å². The van der Waals surface area contributed by atoms with Crippen molar-refractivity contribution in [1.82, 2.24) is 0 Å². The Morgan fingerprint density at radius 1 is 0.357 bits per heavy atom. The summed E-state index contributed by atoms with van der Waals surface area (Å²) in [5, 5.41) is 8.66. The molecule has 9 aromatic rings.